The maximum atomic E-state index is 12.5. The maximum absolute atomic E-state index is 12.5. The molecule has 25 heavy (non-hydrogen) atoms. The molecule has 10 nitrogen and oxygen atoms in total. The first-order chi connectivity index (χ1) is 11.7. The molecule has 0 spiro atoms. The number of carbonyl (C=O) groups excluding carboxylic acids is 3. The first kappa shape index (κ1) is 20.0. The van der Waals surface area contributed by atoms with Crippen molar-refractivity contribution in [1.29, 1.82) is 0 Å². The summed E-state index contributed by atoms with van der Waals surface area (Å²) in [6, 6.07) is 1.12. The lowest BCUT2D eigenvalue weighted by molar-refractivity contribution is -0.144. The molecule has 0 aliphatic carbocycles. The molecule has 1 aromatic heterocycles. The first-order valence-corrected chi connectivity index (χ1v) is 7.40. The normalized spacial score (nSPS) is 12.7. The quantitative estimate of drug-likeness (QED) is 0.393. The molecule has 1 rings (SSSR count). The Morgan fingerprint density at radius 1 is 1.36 bits per heavy atom. The number of hydrogen-bond donors (Lipinski definition) is 4. The average Bonchev–Trinajstić information content (AvgIpc) is 2.53. The number of aliphatic carboxylic acids is 1. The largest absolute Gasteiger partial charge is 0.480 e. The number of nitrogens with zero attached hydrogens (tertiary/aromatic N) is 2. The van der Waals surface area contributed by atoms with Gasteiger partial charge in [-0.05, 0) is 11.6 Å². The van der Waals surface area contributed by atoms with Gasteiger partial charge in [-0.3, -0.25) is 24.2 Å². The molecule has 0 radical (unpaired) electrons. The lowest BCUT2D eigenvalue weighted by Crippen LogP contribution is -2.54. The molecule has 0 fully saturated rings. The van der Waals surface area contributed by atoms with E-state index in [9.17, 15) is 19.2 Å². The Kier molecular flexibility index (Phi) is 7.47. The number of nitrogens with one attached hydrogen (secondary N) is 1. The summed E-state index contributed by atoms with van der Waals surface area (Å²) in [5, 5.41) is 11.3. The zero-order valence-electron chi connectivity index (χ0n) is 13.7. The summed E-state index contributed by atoms with van der Waals surface area (Å²) < 4.78 is 0. The highest BCUT2D eigenvalue weighted by atomic mass is 16.4. The van der Waals surface area contributed by atoms with Crippen molar-refractivity contribution in [1.82, 2.24) is 15.2 Å². The zero-order valence-corrected chi connectivity index (χ0v) is 13.7. The Morgan fingerprint density at radius 2 is 2.04 bits per heavy atom. The Hall–Kier alpha value is -3.01. The second-order valence-corrected chi connectivity index (χ2v) is 5.49. The van der Waals surface area contributed by atoms with Crippen molar-refractivity contribution in [3.8, 4) is 0 Å². The van der Waals surface area contributed by atoms with Gasteiger partial charge < -0.3 is 26.8 Å². The van der Waals surface area contributed by atoms with Gasteiger partial charge in [-0.15, -0.1) is 0 Å². The van der Waals surface area contributed by atoms with E-state index in [4.69, 9.17) is 16.6 Å². The van der Waals surface area contributed by atoms with Crippen LogP contribution in [-0.2, 0) is 25.6 Å². The molecule has 6 N–H and O–H groups in total. The topological polar surface area (TPSA) is 169 Å². The number of rotatable bonds is 9. The molecule has 1 aromatic rings. The molecule has 3 amide bonds. The zero-order chi connectivity index (χ0) is 19.0. The van der Waals surface area contributed by atoms with Crippen LogP contribution in [0.15, 0.2) is 24.5 Å². The van der Waals surface area contributed by atoms with Gasteiger partial charge in [0.25, 0.3) is 0 Å². The molecule has 10 heteroatoms. The molecular formula is C15H21N5O5. The lowest BCUT2D eigenvalue weighted by Gasteiger charge is -2.24. The third-order valence-corrected chi connectivity index (χ3v) is 3.28. The second-order valence-electron chi connectivity index (χ2n) is 5.49. The van der Waals surface area contributed by atoms with E-state index >= 15 is 0 Å². The minimum atomic E-state index is -1.20. The number of likely N-dealkylation sites (N-methyl/N-ethyl adjacent to an activating group) is 1. The number of aromatic nitrogens is 1. The molecule has 0 aliphatic heterocycles. The van der Waals surface area contributed by atoms with Gasteiger partial charge in [-0.2, -0.15) is 0 Å². The van der Waals surface area contributed by atoms with E-state index in [1.807, 2.05) is 0 Å². The van der Waals surface area contributed by atoms with Crippen LogP contribution in [0, 0.1) is 0 Å². The summed E-state index contributed by atoms with van der Waals surface area (Å²) in [6.45, 7) is -0.522. The highest BCUT2D eigenvalue weighted by molar-refractivity contribution is 5.93. The van der Waals surface area contributed by atoms with Crippen LogP contribution >= 0.6 is 0 Å². The molecule has 136 valence electrons. The maximum Gasteiger partial charge on any atom is 0.323 e. The summed E-state index contributed by atoms with van der Waals surface area (Å²) in [4.78, 5) is 51.1. The molecular weight excluding hydrogens is 330 g/mol. The third kappa shape index (κ3) is 6.96. The molecule has 0 aliphatic rings. The second kappa shape index (κ2) is 9.33. The average molecular weight is 351 g/mol. The van der Waals surface area contributed by atoms with Crippen LogP contribution in [0.1, 0.15) is 12.0 Å². The summed E-state index contributed by atoms with van der Waals surface area (Å²) in [7, 11) is 1.31. The van der Waals surface area contributed by atoms with Crippen molar-refractivity contribution in [3.05, 3.63) is 30.1 Å². The monoisotopic (exact) mass is 351 g/mol. The fraction of sp³-hybridized carbons (Fsp3) is 0.400. The Balaban J connectivity index is 2.90. The minimum absolute atomic E-state index is 0.0890. The molecule has 0 saturated carbocycles. The Labute approximate surface area is 144 Å². The highest BCUT2D eigenvalue weighted by Gasteiger charge is 2.27. The van der Waals surface area contributed by atoms with Crippen molar-refractivity contribution in [2.45, 2.75) is 24.9 Å². The summed E-state index contributed by atoms with van der Waals surface area (Å²) in [5.41, 5.74) is 11.2. The number of carboxylic acids is 1. The molecule has 0 bridgehead atoms. The van der Waals surface area contributed by atoms with Gasteiger partial charge in [0.1, 0.15) is 12.6 Å². The fourth-order valence-electron chi connectivity index (χ4n) is 2.09. The standard InChI is InChI=1S/C15H21N5O5/c1-20(8-13(22)23)15(25)11(5-9-3-2-4-18-7-9)19-14(24)10(16)6-12(17)21/h2-4,7,10-11H,5-6,8,16H2,1H3,(H2,17,21)(H,19,24)(H,22,23)/t10-,11-/m0/s1. The van der Waals surface area contributed by atoms with E-state index < -0.39 is 42.3 Å². The van der Waals surface area contributed by atoms with E-state index in [1.54, 1.807) is 18.3 Å². The summed E-state index contributed by atoms with van der Waals surface area (Å²) in [6.07, 6.45) is 2.79. The SMILES string of the molecule is CN(CC(=O)O)C(=O)[C@H](Cc1cccnc1)NC(=O)[C@@H](N)CC(N)=O. The van der Waals surface area contributed by atoms with Crippen LogP contribution in [0.5, 0.6) is 0 Å². The number of carboxylic acid groups (broad SMARTS) is 1. The van der Waals surface area contributed by atoms with E-state index in [2.05, 4.69) is 10.3 Å². The number of hydrogen-bond acceptors (Lipinski definition) is 6. The van der Waals surface area contributed by atoms with Gasteiger partial charge in [-0.1, -0.05) is 6.07 Å². The predicted molar refractivity (Wildman–Crippen MR) is 86.9 cm³/mol. The van der Waals surface area contributed by atoms with Crippen LogP contribution in [-0.4, -0.2) is 64.4 Å². The van der Waals surface area contributed by atoms with E-state index in [-0.39, 0.29) is 12.8 Å². The van der Waals surface area contributed by atoms with Crippen LogP contribution in [0.2, 0.25) is 0 Å². The number of primary amides is 1. The van der Waals surface area contributed by atoms with Crippen molar-refractivity contribution in [2.75, 3.05) is 13.6 Å². The summed E-state index contributed by atoms with van der Waals surface area (Å²) in [5.74, 6) is -3.27. The van der Waals surface area contributed by atoms with Gasteiger partial charge in [0.15, 0.2) is 0 Å². The molecule has 0 saturated heterocycles. The lowest BCUT2D eigenvalue weighted by atomic mass is 10.1. The van der Waals surface area contributed by atoms with Gasteiger partial charge in [-0.25, -0.2) is 0 Å². The number of pyridine rings is 1. The van der Waals surface area contributed by atoms with Gasteiger partial charge in [0.05, 0.1) is 12.5 Å². The molecule has 0 aromatic carbocycles. The van der Waals surface area contributed by atoms with Crippen LogP contribution in [0.25, 0.3) is 0 Å². The first-order valence-electron chi connectivity index (χ1n) is 7.40. The number of amides is 3. The smallest absolute Gasteiger partial charge is 0.323 e. The van der Waals surface area contributed by atoms with E-state index in [0.29, 0.717) is 5.56 Å². The van der Waals surface area contributed by atoms with E-state index in [0.717, 1.165) is 4.90 Å². The summed E-state index contributed by atoms with van der Waals surface area (Å²) >= 11 is 0. The number of carbonyl (C=O) groups is 4. The number of nitrogens with two attached hydrogens (primary N) is 2. The van der Waals surface area contributed by atoms with Crippen LogP contribution < -0.4 is 16.8 Å². The third-order valence-electron chi connectivity index (χ3n) is 3.28. The van der Waals surface area contributed by atoms with Gasteiger partial charge >= 0.3 is 5.97 Å². The van der Waals surface area contributed by atoms with Crippen molar-refractivity contribution >= 4 is 23.7 Å². The predicted octanol–water partition coefficient (Wildman–Crippen LogP) is -2.15. The van der Waals surface area contributed by atoms with Crippen LogP contribution in [0.4, 0.5) is 0 Å². The molecule has 2 atom stereocenters. The fourth-order valence-corrected chi connectivity index (χ4v) is 2.09. The highest BCUT2D eigenvalue weighted by Crippen LogP contribution is 2.05. The van der Waals surface area contributed by atoms with Crippen molar-refractivity contribution in [3.63, 3.8) is 0 Å². The van der Waals surface area contributed by atoms with Gasteiger partial charge in [0.2, 0.25) is 17.7 Å². The Bertz CT molecular complexity index is 636. The van der Waals surface area contributed by atoms with E-state index in [1.165, 1.54) is 13.2 Å². The van der Waals surface area contributed by atoms with Gasteiger partial charge in [0, 0.05) is 25.9 Å². The molecule has 0 unspecified atom stereocenters. The minimum Gasteiger partial charge on any atom is -0.480 e. The Morgan fingerprint density at radius 3 is 2.56 bits per heavy atom. The van der Waals surface area contributed by atoms with Crippen molar-refractivity contribution < 1.29 is 24.3 Å². The molecule has 1 heterocycles. The van der Waals surface area contributed by atoms with Crippen molar-refractivity contribution in [2.24, 2.45) is 11.5 Å². The van der Waals surface area contributed by atoms with Crippen LogP contribution in [0.3, 0.4) is 0 Å².